The molecule has 1 aromatic heterocycles. The maximum Gasteiger partial charge on any atom is 0.573 e. The van der Waals surface area contributed by atoms with Crippen LogP contribution in [0.2, 0.25) is 0 Å². The Kier molecular flexibility index (Phi) is 10.2. The fourth-order valence-electron chi connectivity index (χ4n) is 4.98. The van der Waals surface area contributed by atoms with Crippen LogP contribution in [0.3, 0.4) is 0 Å². The van der Waals surface area contributed by atoms with Gasteiger partial charge in [-0.2, -0.15) is 10.1 Å². The van der Waals surface area contributed by atoms with Crippen molar-refractivity contribution >= 4 is 46.2 Å². The summed E-state index contributed by atoms with van der Waals surface area (Å²) in [6, 6.07) is 15.2. The van der Waals surface area contributed by atoms with E-state index in [1.54, 1.807) is 18.2 Å². The molecule has 48 heavy (non-hydrogen) atoms. The molecular formula is C33H31F3N6O5S. The molecule has 11 nitrogen and oxygen atoms in total. The number of aromatic nitrogens is 3. The number of anilines is 2. The number of thioether (sulfide) groups is 1. The van der Waals surface area contributed by atoms with E-state index in [0.29, 0.717) is 30.0 Å². The first-order valence-electron chi connectivity index (χ1n) is 14.7. The lowest BCUT2D eigenvalue weighted by atomic mass is 9.99. The average molecular weight is 681 g/mol. The molecule has 0 saturated carbocycles. The first-order chi connectivity index (χ1) is 22.8. The Labute approximate surface area is 278 Å². The zero-order valence-electron chi connectivity index (χ0n) is 26.4. The third kappa shape index (κ3) is 8.20. The summed E-state index contributed by atoms with van der Waals surface area (Å²) in [6.07, 6.45) is -2.55. The Morgan fingerprint density at radius 3 is 2.50 bits per heavy atom. The van der Waals surface area contributed by atoms with Crippen molar-refractivity contribution in [2.45, 2.75) is 45.9 Å². The van der Waals surface area contributed by atoms with Crippen molar-refractivity contribution in [2.75, 3.05) is 23.1 Å². The molecule has 0 radical (unpaired) electrons. The van der Waals surface area contributed by atoms with E-state index in [-0.39, 0.29) is 39.7 Å². The number of nitrogens with zero attached hydrogens (tertiary/aromatic N) is 5. The van der Waals surface area contributed by atoms with Gasteiger partial charge in [0.25, 0.3) is 0 Å². The lowest BCUT2D eigenvalue weighted by molar-refractivity contribution is -0.274. The van der Waals surface area contributed by atoms with Gasteiger partial charge in [0, 0.05) is 6.42 Å². The van der Waals surface area contributed by atoms with Crippen LogP contribution in [0.5, 0.6) is 5.75 Å². The van der Waals surface area contributed by atoms with Crippen molar-refractivity contribution in [3.05, 3.63) is 95.1 Å². The van der Waals surface area contributed by atoms with E-state index in [1.165, 1.54) is 47.3 Å². The van der Waals surface area contributed by atoms with Gasteiger partial charge < -0.3 is 14.8 Å². The number of carbonyl (C=O) groups excluding carboxylic acids is 3. The lowest BCUT2D eigenvalue weighted by Gasteiger charge is -2.22. The quantitative estimate of drug-likeness (QED) is 0.191. The summed E-state index contributed by atoms with van der Waals surface area (Å²) >= 11 is 1.16. The molecule has 2 heterocycles. The van der Waals surface area contributed by atoms with E-state index < -0.39 is 18.4 Å². The van der Waals surface area contributed by atoms with Crippen molar-refractivity contribution in [3.8, 4) is 11.4 Å². The molecule has 1 saturated heterocycles. The standard InChI is InChI=1S/C33H31F3N6O5S/c1-19(2)24-12-5-20(3)15-27(24)42-29(43)17-48-32(42)39-31(45)38-26-13-6-21(16-25(26)30(44)46-4)7-14-28-37-18-41(40-28)22-8-10-23(11-9-22)47-33(34,35)36/h5-6,8-13,15-16,18-19H,7,14,17H2,1-4H3,(H,38,45)/b39-32-. The SMILES string of the molecule is COC(=O)c1cc(CCc2ncn(-c3ccc(OC(F)(F)F)cc3)n2)ccc1NC(=O)/N=C1\SCC(=O)N1c1cc(C)ccc1C(C)C. The van der Waals surface area contributed by atoms with Gasteiger partial charge in [-0.3, -0.25) is 9.69 Å². The van der Waals surface area contributed by atoms with Crippen LogP contribution in [0, 0.1) is 6.92 Å². The van der Waals surface area contributed by atoms with E-state index >= 15 is 0 Å². The van der Waals surface area contributed by atoms with Crippen LogP contribution in [0.1, 0.15) is 52.6 Å². The minimum absolute atomic E-state index is 0.107. The molecule has 1 aliphatic heterocycles. The lowest BCUT2D eigenvalue weighted by Crippen LogP contribution is -2.31. The van der Waals surface area contributed by atoms with Crippen LogP contribution in [0.15, 0.2) is 72.0 Å². The molecule has 4 aromatic rings. The summed E-state index contributed by atoms with van der Waals surface area (Å²) in [7, 11) is 1.23. The molecule has 3 aromatic carbocycles. The van der Waals surface area contributed by atoms with Crippen LogP contribution in [-0.4, -0.2) is 57.1 Å². The van der Waals surface area contributed by atoms with E-state index in [2.05, 4.69) is 25.1 Å². The Hall–Kier alpha value is -5.18. The maximum absolute atomic E-state index is 13.1. The smallest absolute Gasteiger partial charge is 0.465 e. The Bertz CT molecular complexity index is 1870. The van der Waals surface area contributed by atoms with Crippen molar-refractivity contribution in [1.82, 2.24) is 14.8 Å². The minimum atomic E-state index is -4.79. The molecule has 1 fully saturated rings. The summed E-state index contributed by atoms with van der Waals surface area (Å²) in [5.74, 6) is -0.488. The zero-order valence-corrected chi connectivity index (χ0v) is 27.2. The predicted octanol–water partition coefficient (Wildman–Crippen LogP) is 6.84. The summed E-state index contributed by atoms with van der Waals surface area (Å²) in [6.45, 7) is 5.97. The number of aryl methyl sites for hydroxylation is 3. The van der Waals surface area contributed by atoms with Gasteiger partial charge >= 0.3 is 18.4 Å². The number of amidine groups is 1. The van der Waals surface area contributed by atoms with E-state index in [4.69, 9.17) is 4.74 Å². The van der Waals surface area contributed by atoms with Gasteiger partial charge in [-0.25, -0.2) is 19.3 Å². The molecule has 0 unspecified atom stereocenters. The molecule has 0 spiro atoms. The minimum Gasteiger partial charge on any atom is -0.465 e. The number of methoxy groups -OCH3 is 1. The highest BCUT2D eigenvalue weighted by molar-refractivity contribution is 8.15. The number of aliphatic imine (C=N–C) groups is 1. The second kappa shape index (κ2) is 14.3. The molecule has 0 atom stereocenters. The maximum atomic E-state index is 13.1. The van der Waals surface area contributed by atoms with Crippen LogP contribution >= 0.6 is 11.8 Å². The van der Waals surface area contributed by atoms with Crippen molar-refractivity contribution < 1.29 is 37.0 Å². The van der Waals surface area contributed by atoms with Gasteiger partial charge in [-0.15, -0.1) is 13.2 Å². The van der Waals surface area contributed by atoms with E-state index in [0.717, 1.165) is 28.5 Å². The van der Waals surface area contributed by atoms with Crippen molar-refractivity contribution in [2.24, 2.45) is 4.99 Å². The zero-order chi connectivity index (χ0) is 34.6. The van der Waals surface area contributed by atoms with Gasteiger partial charge in [0.2, 0.25) is 5.91 Å². The van der Waals surface area contributed by atoms with Crippen LogP contribution in [-0.2, 0) is 22.4 Å². The highest BCUT2D eigenvalue weighted by atomic mass is 32.2. The van der Waals surface area contributed by atoms with Crippen molar-refractivity contribution in [3.63, 3.8) is 0 Å². The number of benzene rings is 3. The summed E-state index contributed by atoms with van der Waals surface area (Å²) in [5.41, 5.74) is 4.09. The number of hydrogen-bond acceptors (Lipinski definition) is 8. The van der Waals surface area contributed by atoms with Gasteiger partial charge in [0.15, 0.2) is 11.0 Å². The average Bonchev–Trinajstić information content (AvgIpc) is 3.65. The summed E-state index contributed by atoms with van der Waals surface area (Å²) in [4.78, 5) is 48.6. The molecule has 3 amide bonds. The third-order valence-electron chi connectivity index (χ3n) is 7.25. The van der Waals surface area contributed by atoms with Crippen LogP contribution in [0.25, 0.3) is 5.69 Å². The number of ether oxygens (including phenoxy) is 2. The highest BCUT2D eigenvalue weighted by Crippen LogP contribution is 2.34. The van der Waals surface area contributed by atoms with E-state index in [9.17, 15) is 27.6 Å². The number of carbonyl (C=O) groups is 3. The Morgan fingerprint density at radius 2 is 1.81 bits per heavy atom. The number of halogens is 3. The summed E-state index contributed by atoms with van der Waals surface area (Å²) in [5, 5.41) is 7.27. The molecule has 0 bridgehead atoms. The second-order valence-corrected chi connectivity index (χ2v) is 12.0. The highest BCUT2D eigenvalue weighted by Gasteiger charge is 2.33. The van der Waals surface area contributed by atoms with Gasteiger partial charge in [0.1, 0.15) is 12.1 Å². The van der Waals surface area contributed by atoms with Gasteiger partial charge in [0.05, 0.1) is 35.5 Å². The molecule has 1 aliphatic rings. The number of nitrogens with one attached hydrogen (secondary N) is 1. The largest absolute Gasteiger partial charge is 0.573 e. The fourth-order valence-corrected chi connectivity index (χ4v) is 5.83. The van der Waals surface area contributed by atoms with Gasteiger partial charge in [-0.05, 0) is 78.4 Å². The predicted molar refractivity (Wildman–Crippen MR) is 175 cm³/mol. The summed E-state index contributed by atoms with van der Waals surface area (Å²) < 4.78 is 47.6. The number of hydrogen-bond donors (Lipinski definition) is 1. The normalized spacial score (nSPS) is 14.1. The molecule has 15 heteroatoms. The number of urea groups is 1. The number of rotatable bonds is 9. The first kappa shape index (κ1) is 34.2. The fraction of sp³-hybridized carbons (Fsp3) is 0.273. The first-order valence-corrected chi connectivity index (χ1v) is 15.7. The van der Waals surface area contributed by atoms with Gasteiger partial charge in [-0.1, -0.05) is 43.8 Å². The Balaban J connectivity index is 1.29. The Morgan fingerprint density at radius 1 is 1.06 bits per heavy atom. The number of alkyl halides is 3. The van der Waals surface area contributed by atoms with Crippen molar-refractivity contribution in [1.29, 1.82) is 0 Å². The second-order valence-electron chi connectivity index (χ2n) is 11.1. The third-order valence-corrected chi connectivity index (χ3v) is 8.18. The molecule has 0 aliphatic carbocycles. The number of amides is 3. The molecular weight excluding hydrogens is 649 g/mol. The molecule has 1 N–H and O–H groups in total. The van der Waals surface area contributed by atoms with Crippen LogP contribution < -0.4 is 15.0 Å². The monoisotopic (exact) mass is 680 g/mol. The van der Waals surface area contributed by atoms with E-state index in [1.807, 2.05) is 39.0 Å². The number of esters is 1. The molecule has 5 rings (SSSR count). The molecule has 250 valence electrons. The van der Waals surface area contributed by atoms with Crippen LogP contribution in [0.4, 0.5) is 29.3 Å². The topological polar surface area (TPSA) is 128 Å².